The average molecular weight is 912 g/mol. The Morgan fingerprint density at radius 1 is 0.941 bits per heavy atom. The van der Waals surface area contributed by atoms with Crippen LogP contribution in [0.3, 0.4) is 0 Å². The Bertz CT molecular complexity index is 1180. The topological polar surface area (TPSA) is 92.8 Å². The van der Waals surface area contributed by atoms with Crippen molar-refractivity contribution >= 4 is 120 Å². The van der Waals surface area contributed by atoms with E-state index in [0.29, 0.717) is 24.0 Å². The molecule has 0 aromatic heterocycles. The maximum atomic E-state index is 13.3. The van der Waals surface area contributed by atoms with E-state index in [1.165, 1.54) is 0 Å². The Labute approximate surface area is 252 Å². The van der Waals surface area contributed by atoms with Crippen molar-refractivity contribution in [3.8, 4) is 0 Å². The van der Waals surface area contributed by atoms with E-state index in [1.54, 1.807) is 19.9 Å². The SMILES string of the molecule is Cc1ccc(NC(=O)COC(=O)[C@H](C(C)C)N2C(=O)c3c(I)c(I)c(I)c(I)c3C2=O)c(C)c1. The second kappa shape index (κ2) is 11.2. The number of hydrogen-bond acceptors (Lipinski definition) is 5. The standard InChI is InChI=1S/C23H20I4N2O5/c1-9(2)20(23(33)34-8-13(30)28-12-6-5-10(3)7-11(12)4)29-21(31)14-15(22(29)32)17(25)19(27)18(26)16(14)24/h5-7,9,20H,8H2,1-4H3,(H,28,30)/t20-/m0/s1. The molecule has 1 atom stereocenters. The summed E-state index contributed by atoms with van der Waals surface area (Å²) in [6.07, 6.45) is 0. The van der Waals surface area contributed by atoms with Gasteiger partial charge in [-0.2, -0.15) is 0 Å². The summed E-state index contributed by atoms with van der Waals surface area (Å²) in [5, 5.41) is 2.72. The lowest BCUT2D eigenvalue weighted by molar-refractivity contribution is -0.152. The number of benzene rings is 2. The van der Waals surface area contributed by atoms with Crippen molar-refractivity contribution in [1.29, 1.82) is 0 Å². The average Bonchev–Trinajstić information content (AvgIpc) is 3.02. The van der Waals surface area contributed by atoms with Crippen LogP contribution in [0.2, 0.25) is 0 Å². The van der Waals surface area contributed by atoms with Gasteiger partial charge in [0.15, 0.2) is 6.61 Å². The van der Waals surface area contributed by atoms with Crippen LogP contribution in [-0.2, 0) is 14.3 Å². The predicted octanol–water partition coefficient (Wildman–Crippen LogP) is 5.52. The summed E-state index contributed by atoms with van der Waals surface area (Å²) in [5.41, 5.74) is 3.20. The van der Waals surface area contributed by atoms with Gasteiger partial charge in [0, 0.05) is 20.0 Å². The molecule has 0 saturated carbocycles. The maximum absolute atomic E-state index is 13.3. The molecule has 2 aromatic rings. The van der Waals surface area contributed by atoms with E-state index >= 15 is 0 Å². The summed E-state index contributed by atoms with van der Waals surface area (Å²) in [5.74, 6) is -2.75. The van der Waals surface area contributed by atoms with Crippen LogP contribution in [0, 0.1) is 34.0 Å². The summed E-state index contributed by atoms with van der Waals surface area (Å²) in [6.45, 7) is 6.76. The van der Waals surface area contributed by atoms with Gasteiger partial charge >= 0.3 is 5.97 Å². The van der Waals surface area contributed by atoms with Crippen molar-refractivity contribution in [3.63, 3.8) is 0 Å². The van der Waals surface area contributed by atoms with E-state index in [2.05, 4.69) is 95.7 Å². The molecule has 0 radical (unpaired) electrons. The highest BCUT2D eigenvalue weighted by atomic mass is 127. The second-order valence-electron chi connectivity index (χ2n) is 8.15. The van der Waals surface area contributed by atoms with Crippen LogP contribution in [0.1, 0.15) is 45.7 Å². The fourth-order valence-corrected chi connectivity index (χ4v) is 7.31. The van der Waals surface area contributed by atoms with Crippen LogP contribution in [-0.4, -0.2) is 41.2 Å². The Morgan fingerprint density at radius 2 is 1.47 bits per heavy atom. The molecule has 1 aliphatic heterocycles. The number of rotatable bonds is 6. The molecular weight excluding hydrogens is 892 g/mol. The minimum absolute atomic E-state index is 0.311. The molecule has 1 heterocycles. The number of nitrogens with zero attached hydrogens (tertiary/aromatic N) is 1. The summed E-state index contributed by atoms with van der Waals surface area (Å²) >= 11 is 8.43. The molecule has 0 saturated heterocycles. The fraction of sp³-hybridized carbons (Fsp3) is 0.304. The third kappa shape index (κ3) is 5.40. The molecule has 1 aliphatic rings. The monoisotopic (exact) mass is 912 g/mol. The van der Waals surface area contributed by atoms with Crippen LogP contribution >= 0.6 is 90.4 Å². The molecule has 0 fully saturated rings. The first-order chi connectivity index (χ1) is 15.9. The van der Waals surface area contributed by atoms with Crippen molar-refractivity contribution in [2.75, 3.05) is 11.9 Å². The van der Waals surface area contributed by atoms with Gasteiger partial charge in [-0.25, -0.2) is 4.79 Å². The van der Waals surface area contributed by atoms with E-state index in [0.717, 1.165) is 23.2 Å². The zero-order valence-electron chi connectivity index (χ0n) is 18.6. The van der Waals surface area contributed by atoms with Crippen LogP contribution < -0.4 is 5.32 Å². The number of ether oxygens (including phenoxy) is 1. The molecule has 3 amide bonds. The minimum atomic E-state index is -1.15. The molecule has 0 bridgehead atoms. The molecule has 11 heteroatoms. The van der Waals surface area contributed by atoms with Gasteiger partial charge in [0.2, 0.25) is 0 Å². The summed E-state index contributed by atoms with van der Waals surface area (Å²) < 4.78 is 8.41. The number of nitrogens with one attached hydrogen (secondary N) is 1. The second-order valence-corrected chi connectivity index (χ2v) is 12.5. The smallest absolute Gasteiger partial charge is 0.330 e. The van der Waals surface area contributed by atoms with Gasteiger partial charge in [-0.1, -0.05) is 31.5 Å². The highest BCUT2D eigenvalue weighted by Gasteiger charge is 2.47. The molecule has 7 nitrogen and oxygen atoms in total. The van der Waals surface area contributed by atoms with Crippen molar-refractivity contribution in [3.05, 3.63) is 54.7 Å². The quantitative estimate of drug-likeness (QED) is 0.136. The minimum Gasteiger partial charge on any atom is -0.454 e. The summed E-state index contributed by atoms with van der Waals surface area (Å²) in [6, 6.07) is 4.44. The number of carbonyl (C=O) groups is 4. The number of esters is 1. The molecule has 2 aromatic carbocycles. The number of aryl methyl sites for hydroxylation is 2. The molecule has 1 N–H and O–H groups in total. The lowest BCUT2D eigenvalue weighted by atomic mass is 10.0. The van der Waals surface area contributed by atoms with E-state index in [4.69, 9.17) is 4.74 Å². The normalized spacial score (nSPS) is 13.9. The lowest BCUT2D eigenvalue weighted by Crippen LogP contribution is -2.49. The van der Waals surface area contributed by atoms with Gasteiger partial charge in [0.05, 0.1) is 11.1 Å². The number of anilines is 1. The first-order valence-corrected chi connectivity index (χ1v) is 14.5. The fourth-order valence-electron chi connectivity index (χ4n) is 3.66. The van der Waals surface area contributed by atoms with Crippen LogP contribution in [0.4, 0.5) is 5.69 Å². The third-order valence-electron chi connectivity index (χ3n) is 5.29. The van der Waals surface area contributed by atoms with Crippen LogP contribution in [0.25, 0.3) is 0 Å². The highest BCUT2D eigenvalue weighted by Crippen LogP contribution is 2.39. The number of fused-ring (bicyclic) bond motifs is 1. The third-order valence-corrected chi connectivity index (χ3v) is 12.7. The van der Waals surface area contributed by atoms with E-state index < -0.39 is 42.3 Å². The van der Waals surface area contributed by atoms with Crippen LogP contribution in [0.5, 0.6) is 0 Å². The lowest BCUT2D eigenvalue weighted by Gasteiger charge is -2.27. The van der Waals surface area contributed by atoms with E-state index in [1.807, 2.05) is 26.0 Å². The van der Waals surface area contributed by atoms with Gasteiger partial charge in [-0.15, -0.1) is 0 Å². The molecule has 0 unspecified atom stereocenters. The summed E-state index contributed by atoms with van der Waals surface area (Å²) in [7, 11) is 0. The molecule has 3 rings (SSSR count). The first kappa shape index (κ1) is 28.0. The zero-order valence-corrected chi connectivity index (χ0v) is 27.2. The van der Waals surface area contributed by atoms with Crippen LogP contribution in [0.15, 0.2) is 18.2 Å². The first-order valence-electron chi connectivity index (χ1n) is 10.1. The van der Waals surface area contributed by atoms with Crippen molar-refractivity contribution in [1.82, 2.24) is 4.90 Å². The number of hydrogen-bond donors (Lipinski definition) is 1. The Morgan fingerprint density at radius 3 is 1.94 bits per heavy atom. The van der Waals surface area contributed by atoms with E-state index in [9.17, 15) is 19.2 Å². The van der Waals surface area contributed by atoms with Gasteiger partial charge in [-0.3, -0.25) is 19.3 Å². The van der Waals surface area contributed by atoms with Gasteiger partial charge in [-0.05, 0) is 122 Å². The number of halogens is 4. The van der Waals surface area contributed by atoms with E-state index in [-0.39, 0.29) is 0 Å². The largest absolute Gasteiger partial charge is 0.454 e. The predicted molar refractivity (Wildman–Crippen MR) is 162 cm³/mol. The van der Waals surface area contributed by atoms with Gasteiger partial charge < -0.3 is 10.1 Å². The molecule has 180 valence electrons. The van der Waals surface area contributed by atoms with Crippen molar-refractivity contribution in [2.24, 2.45) is 5.92 Å². The number of carbonyl (C=O) groups excluding carboxylic acids is 4. The maximum Gasteiger partial charge on any atom is 0.330 e. The Hall–Kier alpha value is -0.560. The molecule has 0 aliphatic carbocycles. The zero-order chi connectivity index (χ0) is 25.5. The van der Waals surface area contributed by atoms with Gasteiger partial charge in [0.25, 0.3) is 17.7 Å². The number of imide groups is 1. The molecular formula is C23H20I4N2O5. The molecule has 34 heavy (non-hydrogen) atoms. The number of amides is 3. The molecule has 0 spiro atoms. The Kier molecular flexibility index (Phi) is 9.25. The van der Waals surface area contributed by atoms with Gasteiger partial charge in [0.1, 0.15) is 6.04 Å². The summed E-state index contributed by atoms with van der Waals surface area (Å²) in [4.78, 5) is 53.1. The Balaban J connectivity index is 1.81. The highest BCUT2D eigenvalue weighted by molar-refractivity contribution is 14.1. The van der Waals surface area contributed by atoms with Crippen molar-refractivity contribution < 1.29 is 23.9 Å². The van der Waals surface area contributed by atoms with Crippen molar-refractivity contribution in [2.45, 2.75) is 33.7 Å².